The van der Waals surface area contributed by atoms with Gasteiger partial charge in [-0.25, -0.2) is 4.39 Å². The van der Waals surface area contributed by atoms with Gasteiger partial charge in [-0.05, 0) is 42.7 Å². The van der Waals surface area contributed by atoms with Crippen LogP contribution in [-0.4, -0.2) is 47.1 Å². The molecule has 1 amide bonds. The zero-order valence-electron chi connectivity index (χ0n) is 14.2. The van der Waals surface area contributed by atoms with Gasteiger partial charge in [0.1, 0.15) is 5.82 Å². The highest BCUT2D eigenvalue weighted by molar-refractivity contribution is 5.82. The first-order valence-corrected chi connectivity index (χ1v) is 8.44. The number of anilines is 1. The molecule has 1 aliphatic heterocycles. The molecule has 2 heterocycles. The van der Waals surface area contributed by atoms with Crippen molar-refractivity contribution >= 4 is 11.6 Å². The minimum absolute atomic E-state index is 0.333. The molecule has 3 rings (SSSR count). The lowest BCUT2D eigenvalue weighted by atomic mass is 10.1. The normalized spacial score (nSPS) is 16.4. The number of nitrogens with zero attached hydrogens (tertiary/aromatic N) is 3. The van der Waals surface area contributed by atoms with Crippen LogP contribution in [0.15, 0.2) is 42.7 Å². The summed E-state index contributed by atoms with van der Waals surface area (Å²) in [4.78, 5) is 20.6. The second-order valence-corrected chi connectivity index (χ2v) is 6.28. The van der Waals surface area contributed by atoms with Crippen LogP contribution in [0.5, 0.6) is 0 Å². The number of hydrogen-bond donors (Lipinski definition) is 1. The Hall–Kier alpha value is -2.47. The van der Waals surface area contributed by atoms with Crippen LogP contribution in [0.1, 0.15) is 23.7 Å². The van der Waals surface area contributed by atoms with Crippen LogP contribution >= 0.6 is 0 Å². The van der Waals surface area contributed by atoms with Gasteiger partial charge < -0.3 is 14.9 Å². The van der Waals surface area contributed by atoms with E-state index in [1.165, 1.54) is 24.3 Å². The number of amides is 1. The molecule has 1 saturated heterocycles. The molecule has 2 aromatic rings. The second kappa shape index (κ2) is 7.61. The predicted molar refractivity (Wildman–Crippen MR) is 93.7 cm³/mol. The lowest BCUT2D eigenvalue weighted by molar-refractivity contribution is -0.140. The molecule has 6 heteroatoms. The summed E-state index contributed by atoms with van der Waals surface area (Å²) in [6, 6.07) is 7.38. The molecule has 25 heavy (non-hydrogen) atoms. The summed E-state index contributed by atoms with van der Waals surface area (Å²) < 4.78 is 13.0. The molecule has 132 valence electrons. The predicted octanol–water partition coefficient (Wildman–Crippen LogP) is 2.30. The number of carbonyl (C=O) groups excluding carboxylic acids is 1. The van der Waals surface area contributed by atoms with Crippen molar-refractivity contribution in [2.75, 3.05) is 31.1 Å². The molecule has 0 saturated carbocycles. The zero-order chi connectivity index (χ0) is 17.8. The van der Waals surface area contributed by atoms with Crippen LogP contribution in [0, 0.1) is 12.7 Å². The third kappa shape index (κ3) is 3.96. The fourth-order valence-electron chi connectivity index (χ4n) is 3.16. The van der Waals surface area contributed by atoms with Gasteiger partial charge in [-0.2, -0.15) is 0 Å². The summed E-state index contributed by atoms with van der Waals surface area (Å²) in [6.45, 7) is 4.71. The van der Waals surface area contributed by atoms with Crippen LogP contribution in [0.3, 0.4) is 0 Å². The number of halogens is 1. The highest BCUT2D eigenvalue weighted by Crippen LogP contribution is 2.22. The average Bonchev–Trinajstić information content (AvgIpc) is 2.87. The molecule has 1 aromatic carbocycles. The SMILES string of the molecule is Cc1cnccc1N1CCCN(C(=O)[C@@H](O)c2ccc(F)cc2)CC1. The van der Waals surface area contributed by atoms with Gasteiger partial charge >= 0.3 is 0 Å². The summed E-state index contributed by atoms with van der Waals surface area (Å²) >= 11 is 0. The monoisotopic (exact) mass is 343 g/mol. The largest absolute Gasteiger partial charge is 0.378 e. The molecule has 1 aliphatic rings. The Morgan fingerprint density at radius 3 is 2.64 bits per heavy atom. The number of carbonyl (C=O) groups is 1. The minimum atomic E-state index is -1.25. The van der Waals surface area contributed by atoms with Crippen LogP contribution in [0.25, 0.3) is 0 Å². The Balaban J connectivity index is 1.67. The maximum absolute atomic E-state index is 13.0. The first-order chi connectivity index (χ1) is 12.1. The Kier molecular flexibility index (Phi) is 5.28. The number of aryl methyl sites for hydroxylation is 1. The van der Waals surface area contributed by atoms with Gasteiger partial charge in [0, 0.05) is 44.3 Å². The van der Waals surface area contributed by atoms with E-state index in [0.717, 1.165) is 24.2 Å². The molecule has 0 bridgehead atoms. The molecule has 1 N–H and O–H groups in total. The van der Waals surface area contributed by atoms with Gasteiger partial charge in [-0.15, -0.1) is 0 Å². The van der Waals surface area contributed by atoms with E-state index in [1.807, 2.05) is 19.2 Å². The van der Waals surface area contributed by atoms with Gasteiger partial charge in [0.05, 0.1) is 0 Å². The number of benzene rings is 1. The van der Waals surface area contributed by atoms with Crippen molar-refractivity contribution < 1.29 is 14.3 Å². The molecular weight excluding hydrogens is 321 g/mol. The van der Waals surface area contributed by atoms with Crippen molar-refractivity contribution in [3.63, 3.8) is 0 Å². The third-order valence-corrected chi connectivity index (χ3v) is 4.56. The Labute approximate surface area is 146 Å². The fraction of sp³-hybridized carbons (Fsp3) is 0.368. The molecule has 0 aliphatic carbocycles. The van der Waals surface area contributed by atoms with Crippen molar-refractivity contribution in [3.8, 4) is 0 Å². The summed E-state index contributed by atoms with van der Waals surface area (Å²) in [5, 5.41) is 10.3. The average molecular weight is 343 g/mol. The molecule has 1 atom stereocenters. The number of pyridine rings is 1. The highest BCUT2D eigenvalue weighted by atomic mass is 19.1. The summed E-state index contributed by atoms with van der Waals surface area (Å²) in [6.07, 6.45) is 3.18. The molecule has 0 radical (unpaired) electrons. The summed E-state index contributed by atoms with van der Waals surface area (Å²) in [7, 11) is 0. The first kappa shape index (κ1) is 17.4. The Bertz CT molecular complexity index is 736. The number of aliphatic hydroxyl groups is 1. The van der Waals surface area contributed by atoms with Gasteiger partial charge in [-0.1, -0.05) is 12.1 Å². The molecule has 1 aromatic heterocycles. The Morgan fingerprint density at radius 1 is 1.16 bits per heavy atom. The topological polar surface area (TPSA) is 56.7 Å². The lowest BCUT2D eigenvalue weighted by Crippen LogP contribution is -2.38. The van der Waals surface area contributed by atoms with E-state index >= 15 is 0 Å². The lowest BCUT2D eigenvalue weighted by Gasteiger charge is -2.26. The van der Waals surface area contributed by atoms with Crippen LogP contribution in [0.2, 0.25) is 0 Å². The molecular formula is C19H22FN3O2. The summed E-state index contributed by atoms with van der Waals surface area (Å²) in [5.41, 5.74) is 2.65. The number of hydrogen-bond acceptors (Lipinski definition) is 4. The maximum atomic E-state index is 13.0. The molecule has 0 unspecified atom stereocenters. The van der Waals surface area contributed by atoms with Crippen LogP contribution in [-0.2, 0) is 4.79 Å². The van der Waals surface area contributed by atoms with E-state index in [-0.39, 0.29) is 11.7 Å². The van der Waals surface area contributed by atoms with Gasteiger partial charge in [0.15, 0.2) is 6.10 Å². The summed E-state index contributed by atoms with van der Waals surface area (Å²) in [5.74, 6) is -0.721. The smallest absolute Gasteiger partial charge is 0.256 e. The standard InChI is InChI=1S/C19H22FN3O2/c1-14-13-21-8-7-17(14)22-9-2-10-23(12-11-22)19(25)18(24)15-3-5-16(20)6-4-15/h3-8,13,18,24H,2,9-12H2,1H3/t18-/m0/s1. The van der Waals surface area contributed by atoms with E-state index in [4.69, 9.17) is 0 Å². The van der Waals surface area contributed by atoms with Crippen molar-refractivity contribution in [1.82, 2.24) is 9.88 Å². The third-order valence-electron chi connectivity index (χ3n) is 4.56. The number of aliphatic hydroxyl groups excluding tert-OH is 1. The van der Waals surface area contributed by atoms with Gasteiger partial charge in [-0.3, -0.25) is 9.78 Å². The van der Waals surface area contributed by atoms with E-state index < -0.39 is 6.10 Å². The van der Waals surface area contributed by atoms with E-state index in [0.29, 0.717) is 25.2 Å². The molecule has 0 spiro atoms. The maximum Gasteiger partial charge on any atom is 0.256 e. The number of rotatable bonds is 3. The van der Waals surface area contributed by atoms with Gasteiger partial charge in [0.25, 0.3) is 5.91 Å². The molecule has 1 fully saturated rings. The Morgan fingerprint density at radius 2 is 1.92 bits per heavy atom. The first-order valence-electron chi connectivity index (χ1n) is 8.44. The number of aromatic nitrogens is 1. The highest BCUT2D eigenvalue weighted by Gasteiger charge is 2.26. The quantitative estimate of drug-likeness (QED) is 0.929. The molecule has 5 nitrogen and oxygen atoms in total. The van der Waals surface area contributed by atoms with Crippen molar-refractivity contribution in [2.24, 2.45) is 0 Å². The second-order valence-electron chi connectivity index (χ2n) is 6.28. The van der Waals surface area contributed by atoms with Crippen LogP contribution < -0.4 is 4.90 Å². The van der Waals surface area contributed by atoms with Crippen molar-refractivity contribution in [3.05, 3.63) is 59.7 Å². The fourth-order valence-corrected chi connectivity index (χ4v) is 3.16. The van der Waals surface area contributed by atoms with E-state index in [9.17, 15) is 14.3 Å². The van der Waals surface area contributed by atoms with Gasteiger partial charge in [0.2, 0.25) is 0 Å². The van der Waals surface area contributed by atoms with E-state index in [2.05, 4.69) is 9.88 Å². The minimum Gasteiger partial charge on any atom is -0.378 e. The van der Waals surface area contributed by atoms with Crippen LogP contribution in [0.4, 0.5) is 10.1 Å². The van der Waals surface area contributed by atoms with E-state index in [1.54, 1.807) is 11.1 Å². The zero-order valence-corrected chi connectivity index (χ0v) is 14.2. The van der Waals surface area contributed by atoms with Crippen molar-refractivity contribution in [1.29, 1.82) is 0 Å². The van der Waals surface area contributed by atoms with Crippen molar-refractivity contribution in [2.45, 2.75) is 19.4 Å².